The Labute approximate surface area is 81.4 Å². The Kier molecular flexibility index (Phi) is 4.87. The Morgan fingerprint density at radius 1 is 1.36 bits per heavy atom. The summed E-state index contributed by atoms with van der Waals surface area (Å²) in [6, 6.07) is 0. The zero-order chi connectivity index (χ0) is 11.4. The maximum atomic E-state index is 12.2. The van der Waals surface area contributed by atoms with E-state index in [-0.39, 0.29) is 6.42 Å². The van der Waals surface area contributed by atoms with Crippen molar-refractivity contribution in [1.29, 1.82) is 0 Å². The summed E-state index contributed by atoms with van der Waals surface area (Å²) in [5, 5.41) is 0. The molecule has 0 aromatic rings. The second-order valence-corrected chi connectivity index (χ2v) is 4.66. The minimum absolute atomic E-state index is 0.126. The van der Waals surface area contributed by atoms with Gasteiger partial charge >= 0.3 is 6.18 Å². The number of rotatable bonds is 5. The summed E-state index contributed by atoms with van der Waals surface area (Å²) in [7, 11) is -3.80. The second kappa shape index (κ2) is 4.97. The maximum Gasteiger partial charge on any atom is 0.394 e. The van der Waals surface area contributed by atoms with Crippen LogP contribution in [0.1, 0.15) is 19.8 Å². The highest BCUT2D eigenvalue weighted by molar-refractivity contribution is 7.85. The Balaban J connectivity index is 4.25. The van der Waals surface area contributed by atoms with Crippen LogP contribution in [0, 0.1) is 5.92 Å². The van der Waals surface area contributed by atoms with Gasteiger partial charge in [0, 0.05) is 0 Å². The highest BCUT2D eigenvalue weighted by Crippen LogP contribution is 2.30. The van der Waals surface area contributed by atoms with Crippen molar-refractivity contribution in [3.63, 3.8) is 0 Å². The van der Waals surface area contributed by atoms with Gasteiger partial charge in [0.2, 0.25) is 0 Å². The fourth-order valence-electron chi connectivity index (χ4n) is 0.896. The third-order valence-electron chi connectivity index (χ3n) is 1.58. The number of alkyl halides is 3. The summed E-state index contributed by atoms with van der Waals surface area (Å²) in [6.45, 7) is 0.773. The molecule has 0 aliphatic heterocycles. The van der Waals surface area contributed by atoms with Crippen LogP contribution in [0.2, 0.25) is 0 Å². The van der Waals surface area contributed by atoms with Crippen LogP contribution in [-0.2, 0) is 14.3 Å². The van der Waals surface area contributed by atoms with Crippen LogP contribution in [0.15, 0.2) is 0 Å². The molecule has 0 heterocycles. The van der Waals surface area contributed by atoms with Crippen LogP contribution in [0.3, 0.4) is 0 Å². The van der Waals surface area contributed by atoms with E-state index in [0.29, 0.717) is 6.42 Å². The quantitative estimate of drug-likeness (QED) is 0.683. The molecule has 0 saturated heterocycles. The van der Waals surface area contributed by atoms with E-state index in [4.69, 9.17) is 0 Å². The molecule has 0 aromatic carbocycles. The van der Waals surface area contributed by atoms with Gasteiger partial charge in [-0.25, -0.2) is 0 Å². The monoisotopic (exact) mass is 234 g/mol. The van der Waals surface area contributed by atoms with Crippen molar-refractivity contribution in [3.05, 3.63) is 0 Å². The van der Waals surface area contributed by atoms with Gasteiger partial charge in [0.1, 0.15) is 0 Å². The predicted molar refractivity (Wildman–Crippen MR) is 45.2 cm³/mol. The summed E-state index contributed by atoms with van der Waals surface area (Å²) in [5.41, 5.74) is 0. The number of hydrogen-bond donors (Lipinski definition) is 0. The van der Waals surface area contributed by atoms with Gasteiger partial charge in [-0.2, -0.15) is 21.6 Å². The van der Waals surface area contributed by atoms with Gasteiger partial charge in [0.25, 0.3) is 10.1 Å². The van der Waals surface area contributed by atoms with Gasteiger partial charge in [0.05, 0.1) is 18.8 Å². The van der Waals surface area contributed by atoms with E-state index in [0.717, 1.165) is 6.26 Å². The van der Waals surface area contributed by atoms with E-state index in [1.807, 2.05) is 0 Å². The first-order chi connectivity index (χ1) is 6.17. The molecule has 86 valence electrons. The van der Waals surface area contributed by atoms with Crippen molar-refractivity contribution >= 4 is 10.1 Å². The molecule has 1 unspecified atom stereocenters. The van der Waals surface area contributed by atoms with E-state index in [1.54, 1.807) is 6.92 Å². The van der Waals surface area contributed by atoms with Crippen molar-refractivity contribution in [1.82, 2.24) is 0 Å². The summed E-state index contributed by atoms with van der Waals surface area (Å²) in [4.78, 5) is 0. The van der Waals surface area contributed by atoms with Gasteiger partial charge in [-0.15, -0.1) is 0 Å². The van der Waals surface area contributed by atoms with Crippen molar-refractivity contribution in [3.8, 4) is 0 Å². The second-order valence-electron chi connectivity index (χ2n) is 3.02. The first-order valence-corrected chi connectivity index (χ1v) is 5.89. The Morgan fingerprint density at radius 3 is 2.14 bits per heavy atom. The van der Waals surface area contributed by atoms with E-state index in [9.17, 15) is 21.6 Å². The molecular weight excluding hydrogens is 221 g/mol. The largest absolute Gasteiger partial charge is 0.394 e. The van der Waals surface area contributed by atoms with Gasteiger partial charge in [-0.3, -0.25) is 4.18 Å². The molecule has 14 heavy (non-hydrogen) atoms. The topological polar surface area (TPSA) is 43.4 Å². The zero-order valence-electron chi connectivity index (χ0n) is 7.97. The van der Waals surface area contributed by atoms with Crippen molar-refractivity contribution in [2.75, 3.05) is 12.9 Å². The van der Waals surface area contributed by atoms with Crippen molar-refractivity contribution < 1.29 is 25.8 Å². The lowest BCUT2D eigenvalue weighted by Crippen LogP contribution is -2.28. The van der Waals surface area contributed by atoms with E-state index in [1.165, 1.54) is 0 Å². The molecule has 0 spiro atoms. The van der Waals surface area contributed by atoms with Crippen molar-refractivity contribution in [2.24, 2.45) is 5.92 Å². The Bertz CT molecular complexity index is 258. The van der Waals surface area contributed by atoms with Crippen LogP contribution in [0.4, 0.5) is 13.2 Å². The van der Waals surface area contributed by atoms with Gasteiger partial charge in [-0.1, -0.05) is 13.3 Å². The molecule has 0 aliphatic rings. The SMILES string of the molecule is CCCC(COS(C)(=O)=O)C(F)(F)F. The molecule has 0 aromatic heterocycles. The first kappa shape index (κ1) is 13.7. The normalized spacial score (nSPS) is 15.5. The molecule has 0 saturated carbocycles. The van der Waals surface area contributed by atoms with Gasteiger partial charge < -0.3 is 0 Å². The highest BCUT2D eigenvalue weighted by Gasteiger charge is 2.39. The smallest absolute Gasteiger partial charge is 0.270 e. The molecule has 0 N–H and O–H groups in total. The molecule has 0 radical (unpaired) electrons. The molecule has 7 heteroatoms. The van der Waals surface area contributed by atoms with Crippen LogP contribution in [0.25, 0.3) is 0 Å². The molecule has 0 aliphatic carbocycles. The molecule has 1 atom stereocenters. The lowest BCUT2D eigenvalue weighted by Gasteiger charge is -2.18. The fraction of sp³-hybridized carbons (Fsp3) is 1.00. The number of halogens is 3. The fourth-order valence-corrected chi connectivity index (χ4v) is 1.31. The first-order valence-electron chi connectivity index (χ1n) is 4.08. The summed E-state index contributed by atoms with van der Waals surface area (Å²) < 4.78 is 61.7. The van der Waals surface area contributed by atoms with Gasteiger partial charge in [0.15, 0.2) is 0 Å². The van der Waals surface area contributed by atoms with E-state index >= 15 is 0 Å². The molecule has 0 rings (SSSR count). The molecule has 0 fully saturated rings. The van der Waals surface area contributed by atoms with Crippen molar-refractivity contribution in [2.45, 2.75) is 25.9 Å². The highest BCUT2D eigenvalue weighted by atomic mass is 32.2. The van der Waals surface area contributed by atoms with E-state index < -0.39 is 28.8 Å². The third-order valence-corrected chi connectivity index (χ3v) is 2.15. The van der Waals surface area contributed by atoms with Crippen LogP contribution in [0.5, 0.6) is 0 Å². The Hall–Kier alpha value is -0.300. The maximum absolute atomic E-state index is 12.2. The molecule has 3 nitrogen and oxygen atoms in total. The predicted octanol–water partition coefficient (Wildman–Crippen LogP) is 1.94. The standard InChI is InChI=1S/C7H13F3O3S/c1-3-4-6(7(8,9)10)5-13-14(2,11)12/h6H,3-5H2,1-2H3. The third kappa shape index (κ3) is 6.20. The lowest BCUT2D eigenvalue weighted by molar-refractivity contribution is -0.183. The number of hydrogen-bond acceptors (Lipinski definition) is 3. The zero-order valence-corrected chi connectivity index (χ0v) is 8.78. The average molecular weight is 234 g/mol. The molecule has 0 amide bonds. The summed E-state index contributed by atoms with van der Waals surface area (Å²) in [6.07, 6.45) is -3.47. The van der Waals surface area contributed by atoms with Crippen LogP contribution in [-0.4, -0.2) is 27.5 Å². The van der Waals surface area contributed by atoms with Gasteiger partial charge in [-0.05, 0) is 6.42 Å². The minimum atomic E-state index is -4.40. The van der Waals surface area contributed by atoms with Crippen LogP contribution >= 0.6 is 0 Å². The van der Waals surface area contributed by atoms with Crippen LogP contribution < -0.4 is 0 Å². The molecule has 0 bridgehead atoms. The summed E-state index contributed by atoms with van der Waals surface area (Å²) >= 11 is 0. The average Bonchev–Trinajstić information content (AvgIpc) is 1.93. The summed E-state index contributed by atoms with van der Waals surface area (Å²) in [5.74, 6) is -1.71. The molecular formula is C7H13F3O3S. The minimum Gasteiger partial charge on any atom is -0.270 e. The lowest BCUT2D eigenvalue weighted by atomic mass is 10.1. The van der Waals surface area contributed by atoms with E-state index in [2.05, 4.69) is 4.18 Å². The Morgan fingerprint density at radius 2 is 1.86 bits per heavy atom.